The second kappa shape index (κ2) is 8.37. The normalized spacial score (nSPS) is 25.9. The Kier molecular flexibility index (Phi) is 6.16. The first kappa shape index (κ1) is 19.1. The number of carbonyl (C=O) groups excluding carboxylic acids is 3. The lowest BCUT2D eigenvalue weighted by atomic mass is 10.00. The molecule has 0 spiro atoms. The van der Waals surface area contributed by atoms with Crippen molar-refractivity contribution in [3.63, 3.8) is 0 Å². The molecule has 0 radical (unpaired) electrons. The zero-order chi connectivity index (χ0) is 18.7. The first-order valence-electron chi connectivity index (χ1n) is 8.82. The van der Waals surface area contributed by atoms with Crippen LogP contribution in [0.15, 0.2) is 22.4 Å². The van der Waals surface area contributed by atoms with Crippen LogP contribution < -0.4 is 5.43 Å². The van der Waals surface area contributed by atoms with E-state index >= 15 is 0 Å². The van der Waals surface area contributed by atoms with Gasteiger partial charge in [0.15, 0.2) is 0 Å². The number of imide groups is 1. The third kappa shape index (κ3) is 4.36. The van der Waals surface area contributed by atoms with E-state index in [2.05, 4.69) is 19.3 Å². The molecule has 8 heteroatoms. The number of thioether (sulfide) groups is 1. The molecule has 2 aliphatic rings. The Bertz CT molecular complexity index is 707. The van der Waals surface area contributed by atoms with E-state index in [9.17, 15) is 14.4 Å². The number of hydrogen-bond acceptors (Lipinski definition) is 6. The van der Waals surface area contributed by atoms with Crippen molar-refractivity contribution in [2.24, 2.45) is 0 Å². The number of thiophene rings is 1. The van der Waals surface area contributed by atoms with Crippen molar-refractivity contribution >= 4 is 46.2 Å². The predicted octanol–water partition coefficient (Wildman–Crippen LogP) is 3.47. The van der Waals surface area contributed by atoms with Crippen LogP contribution in [-0.2, 0) is 9.59 Å². The van der Waals surface area contributed by atoms with Crippen molar-refractivity contribution in [1.29, 1.82) is 0 Å². The van der Waals surface area contributed by atoms with Gasteiger partial charge in [-0.05, 0) is 56.0 Å². The maximum Gasteiger partial charge on any atom is 0.293 e. The van der Waals surface area contributed by atoms with Crippen molar-refractivity contribution in [2.75, 3.05) is 6.54 Å². The van der Waals surface area contributed by atoms with Gasteiger partial charge in [0.05, 0.1) is 4.91 Å². The van der Waals surface area contributed by atoms with Crippen LogP contribution in [0, 0.1) is 0 Å². The van der Waals surface area contributed by atoms with E-state index < -0.39 is 0 Å². The lowest BCUT2D eigenvalue weighted by Crippen LogP contribution is -2.54. The quantitative estimate of drug-likeness (QED) is 0.776. The fraction of sp³-hybridized carbons (Fsp3) is 0.500. The third-order valence-corrected chi connectivity index (χ3v) is 6.43. The van der Waals surface area contributed by atoms with Gasteiger partial charge in [-0.2, -0.15) is 0 Å². The van der Waals surface area contributed by atoms with Gasteiger partial charge < -0.3 is 0 Å². The highest BCUT2D eigenvalue weighted by molar-refractivity contribution is 8.18. The highest BCUT2D eigenvalue weighted by Crippen LogP contribution is 2.33. The summed E-state index contributed by atoms with van der Waals surface area (Å²) in [6.07, 6.45) is 5.12. The Labute approximate surface area is 161 Å². The maximum absolute atomic E-state index is 12.4. The summed E-state index contributed by atoms with van der Waals surface area (Å²) in [6.45, 7) is 4.30. The molecule has 3 amide bonds. The second-order valence-electron chi connectivity index (χ2n) is 6.67. The summed E-state index contributed by atoms with van der Waals surface area (Å²) in [5.41, 5.74) is 2.94. The Morgan fingerprint density at radius 2 is 2.04 bits per heavy atom. The summed E-state index contributed by atoms with van der Waals surface area (Å²) in [7, 11) is 0. The van der Waals surface area contributed by atoms with E-state index in [0.717, 1.165) is 34.4 Å². The zero-order valence-electron chi connectivity index (χ0n) is 14.9. The van der Waals surface area contributed by atoms with Gasteiger partial charge in [0, 0.05) is 29.9 Å². The van der Waals surface area contributed by atoms with E-state index in [1.807, 2.05) is 22.5 Å². The second-order valence-corrected chi connectivity index (χ2v) is 8.64. The van der Waals surface area contributed by atoms with E-state index in [-0.39, 0.29) is 30.0 Å². The molecule has 2 saturated heterocycles. The summed E-state index contributed by atoms with van der Waals surface area (Å²) in [6, 6.07) is 4.39. The number of amides is 3. The van der Waals surface area contributed by atoms with Gasteiger partial charge in [-0.3, -0.25) is 24.7 Å². The monoisotopic (exact) mass is 393 g/mol. The van der Waals surface area contributed by atoms with Gasteiger partial charge in [0.25, 0.3) is 11.1 Å². The maximum atomic E-state index is 12.4. The predicted molar refractivity (Wildman–Crippen MR) is 104 cm³/mol. The minimum atomic E-state index is -0.319. The highest BCUT2D eigenvalue weighted by Gasteiger charge is 2.35. The van der Waals surface area contributed by atoms with Gasteiger partial charge in [-0.25, -0.2) is 5.01 Å². The van der Waals surface area contributed by atoms with Gasteiger partial charge in [-0.1, -0.05) is 12.5 Å². The molecule has 2 atom stereocenters. The molecule has 6 nitrogen and oxygen atoms in total. The standard InChI is InChI=1S/C18H23N3O3S2/c1-12-5-3-6-13(2)21(12)19-16(22)8-9-20-17(23)15(26-18(20)24)11-14-7-4-10-25-14/h4,7,10-13H,3,5-6,8-9H2,1-2H3,(H,19,22). The van der Waals surface area contributed by atoms with Crippen LogP contribution in [0.1, 0.15) is 44.4 Å². The van der Waals surface area contributed by atoms with Gasteiger partial charge in [0.1, 0.15) is 0 Å². The number of carbonyl (C=O) groups is 3. The lowest BCUT2D eigenvalue weighted by Gasteiger charge is -2.38. The first-order chi connectivity index (χ1) is 12.5. The molecule has 0 saturated carbocycles. The molecular formula is C18H23N3O3S2. The van der Waals surface area contributed by atoms with Crippen molar-refractivity contribution in [3.8, 4) is 0 Å². The molecule has 3 heterocycles. The number of rotatable bonds is 5. The fourth-order valence-electron chi connectivity index (χ4n) is 3.25. The minimum absolute atomic E-state index is 0.106. The SMILES string of the molecule is CC1CCCC(C)N1NC(=O)CCN1C(=O)SC(=Cc2cccs2)C1=O. The fourth-order valence-corrected chi connectivity index (χ4v) is 4.84. The molecule has 1 aromatic rings. The van der Waals surface area contributed by atoms with Crippen LogP contribution in [0.25, 0.3) is 6.08 Å². The van der Waals surface area contributed by atoms with E-state index in [0.29, 0.717) is 17.0 Å². The Balaban J connectivity index is 1.55. The summed E-state index contributed by atoms with van der Waals surface area (Å²) in [4.78, 5) is 39.3. The summed E-state index contributed by atoms with van der Waals surface area (Å²) in [5, 5.41) is 3.60. The largest absolute Gasteiger partial charge is 0.293 e. The average Bonchev–Trinajstić information content (AvgIpc) is 3.19. The van der Waals surface area contributed by atoms with Crippen LogP contribution in [0.2, 0.25) is 0 Å². The Morgan fingerprint density at radius 3 is 2.69 bits per heavy atom. The molecule has 26 heavy (non-hydrogen) atoms. The molecule has 0 bridgehead atoms. The topological polar surface area (TPSA) is 69.7 Å². The van der Waals surface area contributed by atoms with Crippen molar-refractivity contribution in [3.05, 3.63) is 27.3 Å². The first-order valence-corrected chi connectivity index (χ1v) is 10.5. The summed E-state index contributed by atoms with van der Waals surface area (Å²) >= 11 is 2.44. The minimum Gasteiger partial charge on any atom is -0.288 e. The van der Waals surface area contributed by atoms with Gasteiger partial charge in [0.2, 0.25) is 5.91 Å². The number of nitrogens with zero attached hydrogens (tertiary/aromatic N) is 2. The molecular weight excluding hydrogens is 370 g/mol. The molecule has 0 aromatic carbocycles. The van der Waals surface area contributed by atoms with Crippen molar-refractivity contribution in [1.82, 2.24) is 15.3 Å². The average molecular weight is 394 g/mol. The smallest absolute Gasteiger partial charge is 0.288 e. The molecule has 140 valence electrons. The molecule has 2 unspecified atom stereocenters. The summed E-state index contributed by atoms with van der Waals surface area (Å²) in [5.74, 6) is -0.479. The van der Waals surface area contributed by atoms with Crippen LogP contribution >= 0.6 is 23.1 Å². The highest BCUT2D eigenvalue weighted by atomic mass is 32.2. The molecule has 1 N–H and O–H groups in total. The lowest BCUT2D eigenvalue weighted by molar-refractivity contribution is -0.130. The third-order valence-electron chi connectivity index (χ3n) is 4.70. The van der Waals surface area contributed by atoms with E-state index in [4.69, 9.17) is 0 Å². The molecule has 2 fully saturated rings. The number of nitrogens with one attached hydrogen (secondary N) is 1. The van der Waals surface area contributed by atoms with Crippen LogP contribution in [0.5, 0.6) is 0 Å². The Morgan fingerprint density at radius 1 is 1.31 bits per heavy atom. The van der Waals surface area contributed by atoms with Gasteiger partial charge in [-0.15, -0.1) is 11.3 Å². The number of hydrogen-bond donors (Lipinski definition) is 1. The van der Waals surface area contributed by atoms with Crippen LogP contribution in [0.3, 0.4) is 0 Å². The zero-order valence-corrected chi connectivity index (χ0v) is 16.6. The molecule has 1 aromatic heterocycles. The van der Waals surface area contributed by atoms with Crippen LogP contribution in [0.4, 0.5) is 4.79 Å². The van der Waals surface area contributed by atoms with E-state index in [1.165, 1.54) is 17.8 Å². The van der Waals surface area contributed by atoms with Crippen LogP contribution in [-0.4, -0.2) is 45.6 Å². The number of piperidine rings is 1. The van der Waals surface area contributed by atoms with Gasteiger partial charge >= 0.3 is 0 Å². The Hall–Kier alpha value is -1.64. The summed E-state index contributed by atoms with van der Waals surface area (Å²) < 4.78 is 0. The molecule has 0 aliphatic carbocycles. The molecule has 2 aliphatic heterocycles. The van der Waals surface area contributed by atoms with E-state index in [1.54, 1.807) is 6.08 Å². The van der Waals surface area contributed by atoms with Crippen molar-refractivity contribution < 1.29 is 14.4 Å². The molecule has 3 rings (SSSR count). The van der Waals surface area contributed by atoms with Crippen molar-refractivity contribution in [2.45, 2.75) is 51.6 Å². The number of hydrazine groups is 1.